The molecule has 1 aliphatic heterocycles. The lowest BCUT2D eigenvalue weighted by atomic mass is 10.1. The Morgan fingerprint density at radius 2 is 1.71 bits per heavy atom. The summed E-state index contributed by atoms with van der Waals surface area (Å²) >= 11 is 0. The Bertz CT molecular complexity index is 1110. The Labute approximate surface area is 200 Å². The summed E-state index contributed by atoms with van der Waals surface area (Å²) in [6.07, 6.45) is -0.784. The zero-order valence-electron chi connectivity index (χ0n) is 20.0. The maximum atomic E-state index is 13.0. The number of piperazine rings is 1. The van der Waals surface area contributed by atoms with Gasteiger partial charge in [0.15, 0.2) is 11.5 Å². The third-order valence-electron chi connectivity index (χ3n) is 5.93. The van der Waals surface area contributed by atoms with Crippen molar-refractivity contribution in [2.45, 2.75) is 24.8 Å². The van der Waals surface area contributed by atoms with E-state index in [2.05, 4.69) is 0 Å². The number of esters is 1. The fourth-order valence-electron chi connectivity index (χ4n) is 3.74. The molecule has 2 aromatic rings. The normalized spacial score (nSPS) is 16.1. The number of aliphatic hydroxyl groups is 1. The summed E-state index contributed by atoms with van der Waals surface area (Å²) in [5.74, 6) is 0.280. The highest BCUT2D eigenvalue weighted by Gasteiger charge is 2.29. The van der Waals surface area contributed by atoms with E-state index in [0.717, 1.165) is 11.1 Å². The molecule has 0 saturated carbocycles. The van der Waals surface area contributed by atoms with Crippen LogP contribution < -0.4 is 9.47 Å². The summed E-state index contributed by atoms with van der Waals surface area (Å²) in [4.78, 5) is 14.0. The van der Waals surface area contributed by atoms with Crippen molar-refractivity contribution in [2.24, 2.45) is 0 Å². The van der Waals surface area contributed by atoms with E-state index >= 15 is 0 Å². The maximum absolute atomic E-state index is 13.0. The molecule has 0 spiro atoms. The summed E-state index contributed by atoms with van der Waals surface area (Å²) in [7, 11) is -0.783. The van der Waals surface area contributed by atoms with Crippen LogP contribution in [-0.2, 0) is 14.8 Å². The van der Waals surface area contributed by atoms with Crippen molar-refractivity contribution in [3.8, 4) is 11.5 Å². The highest BCUT2D eigenvalue weighted by atomic mass is 32.2. The first-order chi connectivity index (χ1) is 16.1. The van der Waals surface area contributed by atoms with E-state index in [1.807, 2.05) is 24.8 Å². The predicted molar refractivity (Wildman–Crippen MR) is 127 cm³/mol. The van der Waals surface area contributed by atoms with Crippen LogP contribution in [-0.4, -0.2) is 88.4 Å². The van der Waals surface area contributed by atoms with E-state index in [1.54, 1.807) is 24.3 Å². The Morgan fingerprint density at radius 3 is 2.32 bits per heavy atom. The maximum Gasteiger partial charge on any atom is 0.337 e. The molecule has 9 nitrogen and oxygen atoms in total. The average Bonchev–Trinajstić information content (AvgIpc) is 2.84. The van der Waals surface area contributed by atoms with Gasteiger partial charge in [0.05, 0.1) is 24.7 Å². The van der Waals surface area contributed by atoms with Gasteiger partial charge < -0.3 is 19.3 Å². The number of ether oxygens (including phenoxy) is 3. The SMILES string of the molecule is COC(=O)c1ccc(OC[C@H](O)CN2CCN(S(=O)(=O)c3ccc(C)c(C)c3)CC2)c(OC)c1. The lowest BCUT2D eigenvalue weighted by Gasteiger charge is -2.35. The molecule has 1 N–H and O–H groups in total. The van der Waals surface area contributed by atoms with Gasteiger partial charge in [-0.05, 0) is 55.3 Å². The van der Waals surface area contributed by atoms with Crippen LogP contribution in [0, 0.1) is 13.8 Å². The molecule has 1 atom stereocenters. The van der Waals surface area contributed by atoms with Gasteiger partial charge in [0.25, 0.3) is 0 Å². The Hall–Kier alpha value is -2.66. The van der Waals surface area contributed by atoms with Gasteiger partial charge in [-0.2, -0.15) is 4.31 Å². The van der Waals surface area contributed by atoms with Crippen molar-refractivity contribution in [1.82, 2.24) is 9.21 Å². The van der Waals surface area contributed by atoms with Crippen LogP contribution >= 0.6 is 0 Å². The lowest BCUT2D eigenvalue weighted by molar-refractivity contribution is 0.0557. The summed E-state index contributed by atoms with van der Waals surface area (Å²) in [6, 6.07) is 9.86. The van der Waals surface area contributed by atoms with Crippen molar-refractivity contribution in [3.63, 3.8) is 0 Å². The van der Waals surface area contributed by atoms with Gasteiger partial charge >= 0.3 is 5.97 Å². The van der Waals surface area contributed by atoms with E-state index in [0.29, 0.717) is 54.7 Å². The largest absolute Gasteiger partial charge is 0.493 e. The first kappa shape index (κ1) is 26.0. The minimum Gasteiger partial charge on any atom is -0.493 e. The number of benzene rings is 2. The van der Waals surface area contributed by atoms with E-state index in [1.165, 1.54) is 24.6 Å². The van der Waals surface area contributed by atoms with Crippen LogP contribution in [0.15, 0.2) is 41.3 Å². The smallest absolute Gasteiger partial charge is 0.337 e. The number of nitrogens with zero attached hydrogens (tertiary/aromatic N) is 2. The van der Waals surface area contributed by atoms with E-state index < -0.39 is 22.1 Å². The molecule has 1 aliphatic rings. The Balaban J connectivity index is 1.51. The Morgan fingerprint density at radius 1 is 1.00 bits per heavy atom. The highest BCUT2D eigenvalue weighted by Crippen LogP contribution is 2.28. The topological polar surface area (TPSA) is 106 Å². The summed E-state index contributed by atoms with van der Waals surface area (Å²) in [6.45, 7) is 5.95. The number of β-amino-alcohol motifs (C(OH)–C–C–N with tert-alkyl or cyclic N) is 1. The van der Waals surface area contributed by atoms with Crippen LogP contribution in [0.25, 0.3) is 0 Å². The van der Waals surface area contributed by atoms with E-state index in [9.17, 15) is 18.3 Å². The van der Waals surface area contributed by atoms with Crippen molar-refractivity contribution < 1.29 is 32.5 Å². The third kappa shape index (κ3) is 6.06. The summed E-state index contributed by atoms with van der Waals surface area (Å²) < 4.78 is 43.1. The fraction of sp³-hybridized carbons (Fsp3) is 0.458. The molecule has 1 heterocycles. The molecule has 0 amide bonds. The van der Waals surface area contributed by atoms with Crippen molar-refractivity contribution in [2.75, 3.05) is 53.6 Å². The molecule has 0 unspecified atom stereocenters. The molecule has 0 bridgehead atoms. The molecular weight excluding hydrogens is 460 g/mol. The quantitative estimate of drug-likeness (QED) is 0.529. The number of aryl methyl sites for hydroxylation is 2. The van der Waals surface area contributed by atoms with Crippen LogP contribution in [0.5, 0.6) is 11.5 Å². The van der Waals surface area contributed by atoms with Crippen LogP contribution in [0.1, 0.15) is 21.5 Å². The number of aliphatic hydroxyl groups excluding tert-OH is 1. The number of sulfonamides is 1. The van der Waals surface area contributed by atoms with Crippen molar-refractivity contribution in [3.05, 3.63) is 53.1 Å². The molecular formula is C24H32N2O7S. The Kier molecular flexibility index (Phi) is 8.53. The average molecular weight is 493 g/mol. The second kappa shape index (κ2) is 11.2. The molecule has 2 aromatic carbocycles. The van der Waals surface area contributed by atoms with E-state index in [-0.39, 0.29) is 6.61 Å². The standard InChI is InChI=1S/C24H32N2O7S/c1-17-5-7-21(13-18(17)2)34(29,30)26-11-9-25(10-12-26)15-20(27)16-33-22-8-6-19(24(28)32-4)14-23(22)31-3/h5-8,13-14,20,27H,9-12,15-16H2,1-4H3/t20-/m1/s1. The molecule has 0 aliphatic carbocycles. The molecule has 10 heteroatoms. The lowest BCUT2D eigenvalue weighted by Crippen LogP contribution is -2.50. The molecule has 1 saturated heterocycles. The molecule has 0 aromatic heterocycles. The number of hydrogen-bond donors (Lipinski definition) is 1. The number of rotatable bonds is 9. The van der Waals surface area contributed by atoms with Gasteiger partial charge in [0, 0.05) is 32.7 Å². The van der Waals surface area contributed by atoms with Crippen molar-refractivity contribution >= 4 is 16.0 Å². The highest BCUT2D eigenvalue weighted by molar-refractivity contribution is 7.89. The number of hydrogen-bond acceptors (Lipinski definition) is 8. The second-order valence-electron chi connectivity index (χ2n) is 8.27. The summed E-state index contributed by atoms with van der Waals surface area (Å²) in [5.41, 5.74) is 2.33. The molecule has 34 heavy (non-hydrogen) atoms. The van der Waals surface area contributed by atoms with E-state index in [4.69, 9.17) is 14.2 Å². The number of methoxy groups -OCH3 is 2. The van der Waals surface area contributed by atoms with Crippen LogP contribution in [0.3, 0.4) is 0 Å². The van der Waals surface area contributed by atoms with Gasteiger partial charge in [0.1, 0.15) is 12.7 Å². The molecule has 186 valence electrons. The molecule has 1 fully saturated rings. The van der Waals surface area contributed by atoms with Gasteiger partial charge in [-0.25, -0.2) is 13.2 Å². The number of carbonyl (C=O) groups excluding carboxylic acids is 1. The first-order valence-corrected chi connectivity index (χ1v) is 12.5. The fourth-order valence-corrected chi connectivity index (χ4v) is 5.25. The van der Waals surface area contributed by atoms with Crippen LogP contribution in [0.2, 0.25) is 0 Å². The summed E-state index contributed by atoms with van der Waals surface area (Å²) in [5, 5.41) is 10.5. The van der Waals surface area contributed by atoms with Gasteiger partial charge in [-0.15, -0.1) is 0 Å². The zero-order chi connectivity index (χ0) is 24.9. The van der Waals surface area contributed by atoms with Gasteiger partial charge in [-0.3, -0.25) is 4.90 Å². The minimum absolute atomic E-state index is 0.0229. The van der Waals surface area contributed by atoms with Gasteiger partial charge in [0.2, 0.25) is 10.0 Å². The molecule has 3 rings (SSSR count). The third-order valence-corrected chi connectivity index (χ3v) is 7.83. The first-order valence-electron chi connectivity index (χ1n) is 11.0. The van der Waals surface area contributed by atoms with Gasteiger partial charge in [-0.1, -0.05) is 6.07 Å². The monoisotopic (exact) mass is 492 g/mol. The second-order valence-corrected chi connectivity index (χ2v) is 10.2. The van der Waals surface area contributed by atoms with Crippen LogP contribution in [0.4, 0.5) is 0 Å². The number of carbonyl (C=O) groups is 1. The predicted octanol–water partition coefficient (Wildman–Crippen LogP) is 1.84. The molecule has 0 radical (unpaired) electrons. The minimum atomic E-state index is -3.55. The van der Waals surface area contributed by atoms with Crippen molar-refractivity contribution in [1.29, 1.82) is 0 Å². The zero-order valence-corrected chi connectivity index (χ0v) is 20.8.